The van der Waals surface area contributed by atoms with Crippen LogP contribution in [0.5, 0.6) is 0 Å². The lowest BCUT2D eigenvalue weighted by Crippen LogP contribution is -2.50. The molecule has 0 spiro atoms. The Morgan fingerprint density at radius 2 is 2.06 bits per heavy atom. The third-order valence-corrected chi connectivity index (χ3v) is 4.54. The highest BCUT2D eigenvalue weighted by Crippen LogP contribution is 2.45. The molecule has 0 radical (unpaired) electrons. The molecular weight excluding hydrogens is 220 g/mol. The molecule has 2 heteroatoms. The third kappa shape index (κ3) is 2.44. The zero-order valence-electron chi connectivity index (χ0n) is 12.1. The van der Waals surface area contributed by atoms with E-state index in [2.05, 4.69) is 38.7 Å². The zero-order chi connectivity index (χ0) is 13.3. The van der Waals surface area contributed by atoms with E-state index in [1.54, 1.807) is 0 Å². The normalized spacial score (nSPS) is 32.8. The van der Waals surface area contributed by atoms with Crippen LogP contribution >= 0.6 is 0 Å². The van der Waals surface area contributed by atoms with Crippen molar-refractivity contribution >= 4 is 0 Å². The van der Waals surface area contributed by atoms with Crippen molar-refractivity contribution in [2.75, 3.05) is 0 Å². The molecular formula is C16H26N2. The molecule has 3 atom stereocenters. The molecule has 1 fully saturated rings. The number of aromatic nitrogens is 1. The molecule has 2 N–H and O–H groups in total. The molecule has 18 heavy (non-hydrogen) atoms. The van der Waals surface area contributed by atoms with Gasteiger partial charge in [-0.15, -0.1) is 0 Å². The Morgan fingerprint density at radius 3 is 2.67 bits per heavy atom. The summed E-state index contributed by atoms with van der Waals surface area (Å²) in [4.78, 5) is 4.34. The van der Waals surface area contributed by atoms with Gasteiger partial charge in [-0.1, -0.05) is 33.3 Å². The molecule has 1 aromatic rings. The Morgan fingerprint density at radius 1 is 1.33 bits per heavy atom. The molecule has 0 aliphatic heterocycles. The number of hydrogen-bond acceptors (Lipinski definition) is 2. The molecule has 100 valence electrons. The Kier molecular flexibility index (Phi) is 3.76. The van der Waals surface area contributed by atoms with E-state index < -0.39 is 0 Å². The van der Waals surface area contributed by atoms with Crippen LogP contribution in [0.1, 0.15) is 51.2 Å². The average Bonchev–Trinajstić information content (AvgIpc) is 2.28. The molecule has 3 unspecified atom stereocenters. The number of nitrogens with two attached hydrogens (primary N) is 1. The molecule has 0 amide bonds. The minimum Gasteiger partial charge on any atom is -0.321 e. The molecule has 0 bridgehead atoms. The van der Waals surface area contributed by atoms with Crippen molar-refractivity contribution in [3.8, 4) is 0 Å². The molecule has 1 aromatic heterocycles. The second-order valence-electron chi connectivity index (χ2n) is 6.53. The van der Waals surface area contributed by atoms with Gasteiger partial charge in [0.05, 0.1) is 0 Å². The maximum Gasteiger partial charge on any atom is 0.0458 e. The SMILES string of the molecule is Cc1cncc(C2(N)CC(C)CCC2C(C)C)c1. The largest absolute Gasteiger partial charge is 0.321 e. The summed E-state index contributed by atoms with van der Waals surface area (Å²) >= 11 is 0. The summed E-state index contributed by atoms with van der Waals surface area (Å²) in [6, 6.07) is 2.22. The van der Waals surface area contributed by atoms with E-state index in [0.29, 0.717) is 17.8 Å². The van der Waals surface area contributed by atoms with Gasteiger partial charge in [-0.3, -0.25) is 4.98 Å². The lowest BCUT2D eigenvalue weighted by molar-refractivity contribution is 0.108. The lowest BCUT2D eigenvalue weighted by Gasteiger charge is -2.46. The van der Waals surface area contributed by atoms with Crippen molar-refractivity contribution in [3.05, 3.63) is 29.6 Å². The van der Waals surface area contributed by atoms with Crippen LogP contribution in [0.4, 0.5) is 0 Å². The number of rotatable bonds is 2. The molecule has 1 aliphatic rings. The molecule has 1 heterocycles. The van der Waals surface area contributed by atoms with Gasteiger partial charge in [-0.05, 0) is 48.6 Å². The topological polar surface area (TPSA) is 38.9 Å². The number of aryl methyl sites for hydroxylation is 1. The van der Waals surface area contributed by atoms with Crippen molar-refractivity contribution < 1.29 is 0 Å². The van der Waals surface area contributed by atoms with Gasteiger partial charge in [0.15, 0.2) is 0 Å². The first kappa shape index (κ1) is 13.5. The summed E-state index contributed by atoms with van der Waals surface area (Å²) < 4.78 is 0. The van der Waals surface area contributed by atoms with Gasteiger partial charge in [0.25, 0.3) is 0 Å². The number of hydrogen-bond donors (Lipinski definition) is 1. The second-order valence-corrected chi connectivity index (χ2v) is 6.53. The van der Waals surface area contributed by atoms with Crippen LogP contribution in [0, 0.1) is 24.7 Å². The average molecular weight is 246 g/mol. The quantitative estimate of drug-likeness (QED) is 0.865. The fourth-order valence-corrected chi connectivity index (χ4v) is 3.62. The highest BCUT2D eigenvalue weighted by molar-refractivity contribution is 5.26. The Hall–Kier alpha value is -0.890. The predicted molar refractivity (Wildman–Crippen MR) is 76.2 cm³/mol. The van der Waals surface area contributed by atoms with E-state index in [1.165, 1.54) is 24.0 Å². The lowest BCUT2D eigenvalue weighted by atomic mass is 9.63. The fraction of sp³-hybridized carbons (Fsp3) is 0.688. The van der Waals surface area contributed by atoms with Crippen molar-refractivity contribution in [2.24, 2.45) is 23.5 Å². The van der Waals surface area contributed by atoms with E-state index in [0.717, 1.165) is 6.42 Å². The van der Waals surface area contributed by atoms with Crippen molar-refractivity contribution in [3.63, 3.8) is 0 Å². The maximum atomic E-state index is 6.84. The van der Waals surface area contributed by atoms with Crippen LogP contribution in [0.25, 0.3) is 0 Å². The summed E-state index contributed by atoms with van der Waals surface area (Å²) in [7, 11) is 0. The van der Waals surface area contributed by atoms with Crippen LogP contribution in [-0.4, -0.2) is 4.98 Å². The van der Waals surface area contributed by atoms with Gasteiger partial charge >= 0.3 is 0 Å². The van der Waals surface area contributed by atoms with E-state index in [1.807, 2.05) is 12.4 Å². The minimum absolute atomic E-state index is 0.190. The Labute approximate surface area is 111 Å². The monoisotopic (exact) mass is 246 g/mol. The summed E-state index contributed by atoms with van der Waals surface area (Å²) in [5.74, 6) is 1.91. The van der Waals surface area contributed by atoms with Crippen molar-refractivity contribution in [1.82, 2.24) is 4.98 Å². The summed E-state index contributed by atoms with van der Waals surface area (Å²) in [6.07, 6.45) is 7.51. The van der Waals surface area contributed by atoms with E-state index >= 15 is 0 Å². The highest BCUT2D eigenvalue weighted by atomic mass is 14.8. The van der Waals surface area contributed by atoms with Crippen LogP contribution < -0.4 is 5.73 Å². The van der Waals surface area contributed by atoms with Crippen molar-refractivity contribution in [1.29, 1.82) is 0 Å². The molecule has 2 rings (SSSR count). The van der Waals surface area contributed by atoms with Gasteiger partial charge in [0.2, 0.25) is 0 Å². The van der Waals surface area contributed by atoms with E-state index in [4.69, 9.17) is 5.73 Å². The molecule has 0 saturated heterocycles. The zero-order valence-corrected chi connectivity index (χ0v) is 12.1. The third-order valence-electron chi connectivity index (χ3n) is 4.54. The molecule has 1 aliphatic carbocycles. The van der Waals surface area contributed by atoms with Gasteiger partial charge in [0, 0.05) is 17.9 Å². The Balaban J connectivity index is 2.40. The first-order valence-electron chi connectivity index (χ1n) is 7.14. The van der Waals surface area contributed by atoms with Crippen LogP contribution in [-0.2, 0) is 5.54 Å². The number of nitrogens with zero attached hydrogens (tertiary/aromatic N) is 1. The fourth-order valence-electron chi connectivity index (χ4n) is 3.62. The highest BCUT2D eigenvalue weighted by Gasteiger charge is 2.42. The van der Waals surface area contributed by atoms with Gasteiger partial charge in [-0.2, -0.15) is 0 Å². The van der Waals surface area contributed by atoms with Crippen LogP contribution in [0.2, 0.25) is 0 Å². The van der Waals surface area contributed by atoms with Crippen LogP contribution in [0.3, 0.4) is 0 Å². The van der Waals surface area contributed by atoms with Crippen molar-refractivity contribution in [2.45, 2.75) is 52.5 Å². The van der Waals surface area contributed by atoms with E-state index in [9.17, 15) is 0 Å². The molecule has 2 nitrogen and oxygen atoms in total. The van der Waals surface area contributed by atoms with Gasteiger partial charge in [-0.25, -0.2) is 0 Å². The van der Waals surface area contributed by atoms with Gasteiger partial charge in [0.1, 0.15) is 0 Å². The first-order chi connectivity index (χ1) is 8.43. The smallest absolute Gasteiger partial charge is 0.0458 e. The first-order valence-corrected chi connectivity index (χ1v) is 7.14. The van der Waals surface area contributed by atoms with E-state index in [-0.39, 0.29) is 5.54 Å². The summed E-state index contributed by atoms with van der Waals surface area (Å²) in [5, 5.41) is 0. The Bertz CT molecular complexity index is 413. The summed E-state index contributed by atoms with van der Waals surface area (Å²) in [5.41, 5.74) is 9.09. The minimum atomic E-state index is -0.190. The number of pyridine rings is 1. The molecule has 0 aromatic carbocycles. The van der Waals surface area contributed by atoms with Crippen LogP contribution in [0.15, 0.2) is 18.5 Å². The maximum absolute atomic E-state index is 6.84. The second kappa shape index (κ2) is 5.00. The predicted octanol–water partition coefficient (Wildman–Crippen LogP) is 3.64. The van der Waals surface area contributed by atoms with Gasteiger partial charge < -0.3 is 5.73 Å². The molecule has 1 saturated carbocycles. The summed E-state index contributed by atoms with van der Waals surface area (Å²) in [6.45, 7) is 9.01. The standard InChI is InChI=1S/C16H26N2/c1-11(2)15-6-5-12(3)8-16(15,17)14-7-13(4)9-18-10-14/h7,9-12,15H,5-6,8,17H2,1-4H3.